The molecule has 2 aliphatic rings. The van der Waals surface area contributed by atoms with Gasteiger partial charge in [0.15, 0.2) is 17.5 Å². The molecular weight excluding hydrogens is 417 g/mol. The molecule has 0 radical (unpaired) electrons. The number of halogens is 1. The number of carbonyl (C=O) groups is 3. The fourth-order valence-corrected chi connectivity index (χ4v) is 4.18. The lowest BCUT2D eigenvalue weighted by Crippen LogP contribution is -2.68. The number of aromatic nitrogens is 1. The van der Waals surface area contributed by atoms with Crippen molar-refractivity contribution in [2.45, 2.75) is 38.4 Å². The zero-order valence-electron chi connectivity index (χ0n) is 16.0. The second-order valence-corrected chi connectivity index (χ2v) is 8.16. The molecule has 0 aliphatic carbocycles. The van der Waals surface area contributed by atoms with Crippen LogP contribution in [-0.2, 0) is 16.0 Å². The molecule has 1 aromatic carbocycles. The van der Waals surface area contributed by atoms with E-state index in [1.807, 2.05) is 0 Å². The van der Waals surface area contributed by atoms with Crippen molar-refractivity contribution in [2.75, 3.05) is 0 Å². The summed E-state index contributed by atoms with van der Waals surface area (Å²) in [7, 11) is 0. The zero-order chi connectivity index (χ0) is 21.6. The van der Waals surface area contributed by atoms with E-state index in [1.54, 1.807) is 24.7 Å². The Bertz CT molecular complexity index is 1010. The van der Waals surface area contributed by atoms with Crippen molar-refractivity contribution in [3.05, 3.63) is 40.3 Å². The Morgan fingerprint density at radius 3 is 2.80 bits per heavy atom. The monoisotopic (exact) mass is 435 g/mol. The Morgan fingerprint density at radius 2 is 2.13 bits per heavy atom. The number of nitrogens with zero attached hydrogens (tertiary/aromatic N) is 2. The highest BCUT2D eigenvalue weighted by Crippen LogP contribution is 2.41. The van der Waals surface area contributed by atoms with Crippen molar-refractivity contribution in [2.24, 2.45) is 5.92 Å². The summed E-state index contributed by atoms with van der Waals surface area (Å²) in [6.07, 6.45) is 1.79. The Labute approximate surface area is 174 Å². The number of hydrogen-bond acceptors (Lipinski definition) is 7. The molecule has 0 spiro atoms. The second-order valence-electron chi connectivity index (χ2n) is 7.19. The van der Waals surface area contributed by atoms with Gasteiger partial charge in [-0.1, -0.05) is 6.07 Å². The number of benzene rings is 1. The molecule has 0 saturated carbocycles. The lowest BCUT2D eigenvalue weighted by atomic mass is 9.84. The maximum Gasteiger partial charge on any atom is 0.404 e. The van der Waals surface area contributed by atoms with Gasteiger partial charge in [0.05, 0.1) is 17.5 Å². The molecule has 30 heavy (non-hydrogen) atoms. The second kappa shape index (κ2) is 7.24. The van der Waals surface area contributed by atoms with Crippen molar-refractivity contribution in [1.29, 1.82) is 0 Å². The smallest absolute Gasteiger partial charge is 0.404 e. The minimum atomic E-state index is -2.26. The van der Waals surface area contributed by atoms with E-state index in [2.05, 4.69) is 10.3 Å². The molecule has 1 aromatic heterocycles. The molecule has 9 nitrogen and oxygen atoms in total. The third-order valence-corrected chi connectivity index (χ3v) is 5.78. The van der Waals surface area contributed by atoms with Crippen LogP contribution in [0.2, 0.25) is 0 Å². The molecule has 11 heteroatoms. The van der Waals surface area contributed by atoms with Gasteiger partial charge in [0, 0.05) is 18.0 Å². The number of carboxylic acids is 1. The summed E-state index contributed by atoms with van der Waals surface area (Å²) < 4.78 is 23.9. The summed E-state index contributed by atoms with van der Waals surface area (Å²) in [5.41, 5.74) is 2.17. The number of alkyl halides is 1. The van der Waals surface area contributed by atoms with Gasteiger partial charge >= 0.3 is 18.0 Å². The average Bonchev–Trinajstić information content (AvgIpc) is 3.27. The molecule has 1 fully saturated rings. The Kier molecular flexibility index (Phi) is 4.85. The van der Waals surface area contributed by atoms with Crippen molar-refractivity contribution in [1.82, 2.24) is 15.2 Å². The molecule has 158 valence electrons. The van der Waals surface area contributed by atoms with Gasteiger partial charge in [0.1, 0.15) is 0 Å². The number of likely N-dealkylation sites (tertiary alicyclic amines) is 1. The number of nitrogens with one attached hydrogen (secondary N) is 1. The van der Waals surface area contributed by atoms with E-state index in [0.717, 1.165) is 16.7 Å². The number of β-lactam (4-membered cyclic amide) rings is 1. The molecule has 0 bridgehead atoms. The van der Waals surface area contributed by atoms with Crippen molar-refractivity contribution >= 4 is 29.2 Å². The standard InChI is InChI=1S/C19H18FN3O6S/c1-9(10-3-4-13-14(5-10)29-19(2,20)28-13)22-18(27)23-15(17(25)26)12(16(23)24)6-11-7-21-8-30-11/h3-5,7-9,12,15H,6H2,1-2H3,(H,22,27)(H,25,26)/t9-,12-,15+,19?/m1/s1. The van der Waals surface area contributed by atoms with Crippen LogP contribution in [0.3, 0.4) is 0 Å². The summed E-state index contributed by atoms with van der Waals surface area (Å²) in [6, 6.07) is -0.278. The first-order valence-corrected chi connectivity index (χ1v) is 9.99. The third-order valence-electron chi connectivity index (χ3n) is 4.98. The van der Waals surface area contributed by atoms with E-state index < -0.39 is 42.0 Å². The van der Waals surface area contributed by atoms with Gasteiger partial charge in [-0.2, -0.15) is 4.39 Å². The van der Waals surface area contributed by atoms with E-state index in [0.29, 0.717) is 5.56 Å². The first-order valence-electron chi connectivity index (χ1n) is 9.11. The van der Waals surface area contributed by atoms with Gasteiger partial charge in [-0.15, -0.1) is 11.3 Å². The number of amides is 3. The van der Waals surface area contributed by atoms with Gasteiger partial charge in [0.25, 0.3) is 0 Å². The molecule has 3 heterocycles. The van der Waals surface area contributed by atoms with E-state index in [1.165, 1.54) is 23.5 Å². The lowest BCUT2D eigenvalue weighted by molar-refractivity contribution is -0.173. The number of hydrogen-bond donors (Lipinski definition) is 2. The molecule has 1 saturated heterocycles. The van der Waals surface area contributed by atoms with Crippen molar-refractivity contribution in [3.8, 4) is 11.5 Å². The molecular formula is C19H18FN3O6S. The molecule has 3 amide bonds. The molecule has 1 unspecified atom stereocenters. The lowest BCUT2D eigenvalue weighted by Gasteiger charge is -2.43. The van der Waals surface area contributed by atoms with Crippen LogP contribution in [0.4, 0.5) is 9.18 Å². The zero-order valence-corrected chi connectivity index (χ0v) is 16.8. The third kappa shape index (κ3) is 3.56. The first kappa shape index (κ1) is 20.1. The minimum Gasteiger partial charge on any atom is -0.480 e. The van der Waals surface area contributed by atoms with E-state index in [9.17, 15) is 23.9 Å². The van der Waals surface area contributed by atoms with Crippen LogP contribution < -0.4 is 14.8 Å². The predicted octanol–water partition coefficient (Wildman–Crippen LogP) is 2.48. The van der Waals surface area contributed by atoms with Crippen molar-refractivity contribution < 1.29 is 33.4 Å². The normalized spacial score (nSPS) is 25.6. The van der Waals surface area contributed by atoms with E-state index >= 15 is 0 Å². The number of rotatable bonds is 5. The van der Waals surface area contributed by atoms with Crippen LogP contribution in [-0.4, -0.2) is 45.0 Å². The summed E-state index contributed by atoms with van der Waals surface area (Å²) in [6.45, 7) is 2.78. The molecule has 2 aliphatic heterocycles. The number of urea groups is 1. The van der Waals surface area contributed by atoms with Gasteiger partial charge < -0.3 is 19.9 Å². The highest BCUT2D eigenvalue weighted by Gasteiger charge is 2.55. The number of carboxylic acid groups (broad SMARTS) is 1. The summed E-state index contributed by atoms with van der Waals surface area (Å²) in [5.74, 6) is -2.21. The first-order chi connectivity index (χ1) is 14.2. The Morgan fingerprint density at radius 1 is 1.40 bits per heavy atom. The maximum absolute atomic E-state index is 13.8. The summed E-state index contributed by atoms with van der Waals surface area (Å²) in [4.78, 5) is 42.2. The average molecular weight is 435 g/mol. The summed E-state index contributed by atoms with van der Waals surface area (Å²) >= 11 is 1.32. The number of aliphatic carboxylic acids is 1. The van der Waals surface area contributed by atoms with Crippen molar-refractivity contribution in [3.63, 3.8) is 0 Å². The fraction of sp³-hybridized carbons (Fsp3) is 0.368. The van der Waals surface area contributed by atoms with E-state index in [-0.39, 0.29) is 17.9 Å². The Hall–Kier alpha value is -3.21. The molecule has 4 atom stereocenters. The number of thiazole rings is 1. The predicted molar refractivity (Wildman–Crippen MR) is 102 cm³/mol. The van der Waals surface area contributed by atoms with Gasteiger partial charge in [0.2, 0.25) is 5.91 Å². The molecule has 4 rings (SSSR count). The number of ether oxygens (including phenoxy) is 2. The molecule has 2 N–H and O–H groups in total. The SMILES string of the molecule is C[C@@H](NC(=O)N1C(=O)[C@H](Cc2cncs2)[C@H]1C(=O)O)c1ccc2c(c1)OC(C)(F)O2. The number of carbonyl (C=O) groups excluding carboxylic acids is 2. The Balaban J connectivity index is 1.44. The topological polar surface area (TPSA) is 118 Å². The quantitative estimate of drug-likeness (QED) is 0.693. The van der Waals surface area contributed by atoms with Crippen LogP contribution in [0.25, 0.3) is 0 Å². The van der Waals surface area contributed by atoms with Gasteiger partial charge in [-0.25, -0.2) is 14.5 Å². The van der Waals surface area contributed by atoms with Crippen LogP contribution in [0.5, 0.6) is 11.5 Å². The van der Waals surface area contributed by atoms with Gasteiger partial charge in [-0.3, -0.25) is 9.78 Å². The minimum absolute atomic E-state index is 0.187. The van der Waals surface area contributed by atoms with Crippen LogP contribution >= 0.6 is 11.3 Å². The van der Waals surface area contributed by atoms with Gasteiger partial charge in [-0.05, 0) is 31.0 Å². The van der Waals surface area contributed by atoms with Crippen LogP contribution in [0.15, 0.2) is 29.9 Å². The number of imide groups is 1. The molecule has 2 aromatic rings. The maximum atomic E-state index is 13.8. The highest BCUT2D eigenvalue weighted by molar-refractivity contribution is 7.09. The van der Waals surface area contributed by atoms with E-state index in [4.69, 9.17) is 9.47 Å². The highest BCUT2D eigenvalue weighted by atomic mass is 32.1. The largest absolute Gasteiger partial charge is 0.480 e. The summed E-state index contributed by atoms with van der Waals surface area (Å²) in [5, 5.41) is 12.1. The van der Waals surface area contributed by atoms with Crippen LogP contribution in [0.1, 0.15) is 30.3 Å². The number of fused-ring (bicyclic) bond motifs is 1. The van der Waals surface area contributed by atoms with Crippen LogP contribution in [0, 0.1) is 5.92 Å². The fourth-order valence-electron chi connectivity index (χ4n) is 3.53.